The lowest BCUT2D eigenvalue weighted by atomic mass is 9.92. The van der Waals surface area contributed by atoms with E-state index in [4.69, 9.17) is 4.74 Å². The van der Waals surface area contributed by atoms with Crippen LogP contribution in [0.2, 0.25) is 0 Å². The van der Waals surface area contributed by atoms with Crippen LogP contribution >= 0.6 is 11.8 Å². The molecule has 0 saturated carbocycles. The molecule has 0 bridgehead atoms. The monoisotopic (exact) mass is 292 g/mol. The first kappa shape index (κ1) is 16.9. The standard InChI is InChI=1S/C16H24N2OS/c1-4-16(13-17,18-5-2)11-6-12-20-15-9-7-14(19-3)8-10-15/h7-10,18H,4-6,11-12H2,1-3H3. The first-order valence-electron chi connectivity index (χ1n) is 7.13. The Kier molecular flexibility index (Phi) is 7.50. The number of thioether (sulfide) groups is 1. The van der Waals surface area contributed by atoms with Crippen LogP contribution in [0.5, 0.6) is 5.75 Å². The van der Waals surface area contributed by atoms with Crippen molar-refractivity contribution in [3.63, 3.8) is 0 Å². The minimum absolute atomic E-state index is 0.352. The highest BCUT2D eigenvalue weighted by atomic mass is 32.2. The first-order valence-corrected chi connectivity index (χ1v) is 8.11. The molecular weight excluding hydrogens is 268 g/mol. The number of benzene rings is 1. The van der Waals surface area contributed by atoms with Gasteiger partial charge in [-0.3, -0.25) is 5.32 Å². The summed E-state index contributed by atoms with van der Waals surface area (Å²) < 4.78 is 5.14. The van der Waals surface area contributed by atoms with Gasteiger partial charge >= 0.3 is 0 Å². The molecule has 0 aromatic heterocycles. The fourth-order valence-corrected chi connectivity index (χ4v) is 2.99. The summed E-state index contributed by atoms with van der Waals surface area (Å²) in [6, 6.07) is 10.5. The van der Waals surface area contributed by atoms with Gasteiger partial charge in [-0.2, -0.15) is 5.26 Å². The molecule has 0 aliphatic heterocycles. The van der Waals surface area contributed by atoms with Crippen molar-refractivity contribution in [1.82, 2.24) is 5.32 Å². The van der Waals surface area contributed by atoms with Crippen LogP contribution in [0.15, 0.2) is 29.2 Å². The molecule has 0 aliphatic rings. The molecule has 0 fully saturated rings. The van der Waals surface area contributed by atoms with E-state index in [1.807, 2.05) is 30.8 Å². The topological polar surface area (TPSA) is 45.0 Å². The molecule has 0 amide bonds. The van der Waals surface area contributed by atoms with Gasteiger partial charge in [0.2, 0.25) is 0 Å². The van der Waals surface area contributed by atoms with Crippen molar-refractivity contribution in [3.8, 4) is 11.8 Å². The van der Waals surface area contributed by atoms with Crippen LogP contribution in [0.3, 0.4) is 0 Å². The van der Waals surface area contributed by atoms with Gasteiger partial charge in [-0.15, -0.1) is 11.8 Å². The second-order valence-corrected chi connectivity index (χ2v) is 5.87. The molecule has 1 unspecified atom stereocenters. The lowest BCUT2D eigenvalue weighted by Crippen LogP contribution is -2.43. The molecule has 4 heteroatoms. The van der Waals surface area contributed by atoms with E-state index in [1.54, 1.807) is 7.11 Å². The summed E-state index contributed by atoms with van der Waals surface area (Å²) in [6.45, 7) is 4.96. The molecule has 20 heavy (non-hydrogen) atoms. The highest BCUT2D eigenvalue weighted by molar-refractivity contribution is 7.99. The van der Waals surface area contributed by atoms with E-state index in [0.717, 1.165) is 37.3 Å². The molecule has 3 nitrogen and oxygen atoms in total. The Hall–Kier alpha value is -1.18. The maximum absolute atomic E-state index is 9.35. The zero-order valence-corrected chi connectivity index (χ0v) is 13.4. The molecular formula is C16H24N2OS. The van der Waals surface area contributed by atoms with Gasteiger partial charge < -0.3 is 4.74 Å². The number of nitriles is 1. The van der Waals surface area contributed by atoms with Gasteiger partial charge in [-0.1, -0.05) is 13.8 Å². The van der Waals surface area contributed by atoms with Gasteiger partial charge in [0, 0.05) is 4.90 Å². The Morgan fingerprint density at radius 2 is 2.00 bits per heavy atom. The third-order valence-corrected chi connectivity index (χ3v) is 4.51. The Labute approximate surface area is 126 Å². The van der Waals surface area contributed by atoms with Gasteiger partial charge in [0.05, 0.1) is 13.2 Å². The van der Waals surface area contributed by atoms with E-state index in [0.29, 0.717) is 0 Å². The maximum Gasteiger partial charge on any atom is 0.118 e. The molecule has 0 saturated heterocycles. The molecule has 1 aromatic rings. The van der Waals surface area contributed by atoms with Crippen LogP contribution < -0.4 is 10.1 Å². The van der Waals surface area contributed by atoms with Gasteiger partial charge in [-0.05, 0) is 55.8 Å². The van der Waals surface area contributed by atoms with Gasteiger partial charge in [0.1, 0.15) is 11.3 Å². The number of ether oxygens (including phenoxy) is 1. The van der Waals surface area contributed by atoms with Crippen LogP contribution in [-0.4, -0.2) is 24.9 Å². The van der Waals surface area contributed by atoms with Crippen molar-refractivity contribution in [2.75, 3.05) is 19.4 Å². The van der Waals surface area contributed by atoms with Crippen molar-refractivity contribution in [2.45, 2.75) is 43.5 Å². The number of hydrogen-bond donors (Lipinski definition) is 1. The number of nitrogens with one attached hydrogen (secondary N) is 1. The Morgan fingerprint density at radius 1 is 1.30 bits per heavy atom. The second kappa shape index (κ2) is 8.89. The van der Waals surface area contributed by atoms with Crippen molar-refractivity contribution in [3.05, 3.63) is 24.3 Å². The average molecular weight is 292 g/mol. The van der Waals surface area contributed by atoms with Gasteiger partial charge in [0.15, 0.2) is 0 Å². The van der Waals surface area contributed by atoms with E-state index >= 15 is 0 Å². The lowest BCUT2D eigenvalue weighted by Gasteiger charge is -2.25. The summed E-state index contributed by atoms with van der Waals surface area (Å²) in [7, 11) is 1.68. The predicted molar refractivity (Wildman–Crippen MR) is 85.3 cm³/mol. The van der Waals surface area contributed by atoms with E-state index in [1.165, 1.54) is 4.90 Å². The van der Waals surface area contributed by atoms with Crippen LogP contribution in [0, 0.1) is 11.3 Å². The van der Waals surface area contributed by atoms with E-state index < -0.39 is 0 Å². The number of hydrogen-bond acceptors (Lipinski definition) is 4. The Bertz CT molecular complexity index is 427. The molecule has 0 radical (unpaired) electrons. The van der Waals surface area contributed by atoms with Crippen molar-refractivity contribution >= 4 is 11.8 Å². The highest BCUT2D eigenvalue weighted by Crippen LogP contribution is 2.24. The maximum atomic E-state index is 9.35. The van der Waals surface area contributed by atoms with Crippen molar-refractivity contribution < 1.29 is 4.74 Å². The first-order chi connectivity index (χ1) is 9.69. The number of methoxy groups -OCH3 is 1. The van der Waals surface area contributed by atoms with Crippen LogP contribution in [-0.2, 0) is 0 Å². The smallest absolute Gasteiger partial charge is 0.118 e. The summed E-state index contributed by atoms with van der Waals surface area (Å²) in [4.78, 5) is 1.24. The molecule has 0 spiro atoms. The zero-order chi connectivity index (χ0) is 14.8. The SMILES string of the molecule is CCNC(C#N)(CC)CCCSc1ccc(OC)cc1. The zero-order valence-electron chi connectivity index (χ0n) is 12.6. The van der Waals surface area contributed by atoms with Crippen molar-refractivity contribution in [2.24, 2.45) is 0 Å². The second-order valence-electron chi connectivity index (χ2n) is 4.71. The molecule has 1 atom stereocenters. The third-order valence-electron chi connectivity index (χ3n) is 3.41. The quantitative estimate of drug-likeness (QED) is 0.554. The van der Waals surface area contributed by atoms with E-state index in [-0.39, 0.29) is 5.54 Å². The summed E-state index contributed by atoms with van der Waals surface area (Å²) in [5, 5.41) is 12.7. The van der Waals surface area contributed by atoms with Gasteiger partial charge in [0.25, 0.3) is 0 Å². The minimum Gasteiger partial charge on any atom is -0.497 e. The Balaban J connectivity index is 2.38. The summed E-state index contributed by atoms with van der Waals surface area (Å²) >= 11 is 1.83. The fraction of sp³-hybridized carbons (Fsp3) is 0.562. The molecule has 1 rings (SSSR count). The minimum atomic E-state index is -0.352. The molecule has 1 aromatic carbocycles. The third kappa shape index (κ3) is 5.07. The Morgan fingerprint density at radius 3 is 2.50 bits per heavy atom. The average Bonchev–Trinajstić information content (AvgIpc) is 2.51. The number of rotatable bonds is 9. The molecule has 110 valence electrons. The fourth-order valence-electron chi connectivity index (χ4n) is 2.14. The van der Waals surface area contributed by atoms with Crippen LogP contribution in [0.4, 0.5) is 0 Å². The molecule has 0 heterocycles. The van der Waals surface area contributed by atoms with E-state index in [9.17, 15) is 5.26 Å². The normalized spacial score (nSPS) is 13.5. The molecule has 0 aliphatic carbocycles. The van der Waals surface area contributed by atoms with Crippen LogP contribution in [0.25, 0.3) is 0 Å². The highest BCUT2D eigenvalue weighted by Gasteiger charge is 2.25. The van der Waals surface area contributed by atoms with Gasteiger partial charge in [-0.25, -0.2) is 0 Å². The molecule has 1 N–H and O–H groups in total. The number of nitrogens with zero attached hydrogens (tertiary/aromatic N) is 1. The summed E-state index contributed by atoms with van der Waals surface area (Å²) in [5.74, 6) is 1.91. The largest absolute Gasteiger partial charge is 0.497 e. The summed E-state index contributed by atoms with van der Waals surface area (Å²) in [5.41, 5.74) is -0.352. The van der Waals surface area contributed by atoms with Crippen molar-refractivity contribution in [1.29, 1.82) is 5.26 Å². The lowest BCUT2D eigenvalue weighted by molar-refractivity contribution is 0.379. The predicted octanol–water partition coefficient (Wildman–Crippen LogP) is 3.85. The van der Waals surface area contributed by atoms with Crippen LogP contribution in [0.1, 0.15) is 33.1 Å². The summed E-state index contributed by atoms with van der Waals surface area (Å²) in [6.07, 6.45) is 2.78. The van der Waals surface area contributed by atoms with E-state index in [2.05, 4.69) is 30.4 Å².